The number of amides is 1. The zero-order valence-electron chi connectivity index (χ0n) is 18.4. The van der Waals surface area contributed by atoms with Gasteiger partial charge in [-0.05, 0) is 74.1 Å². The molecular weight excluding hydrogens is 421 g/mol. The van der Waals surface area contributed by atoms with Crippen molar-refractivity contribution in [2.24, 2.45) is 23.7 Å². The third-order valence-corrected chi connectivity index (χ3v) is 8.71. The quantitative estimate of drug-likeness (QED) is 0.626. The number of carbonyl (C=O) groups excluding carboxylic acids is 1. The van der Waals surface area contributed by atoms with Crippen LogP contribution in [-0.4, -0.2) is 37.3 Å². The monoisotopic (exact) mass is 447 g/mol. The number of pyridine rings is 1. The molecule has 8 rings (SSSR count). The molecule has 33 heavy (non-hydrogen) atoms. The van der Waals surface area contributed by atoms with Crippen LogP contribution < -0.4 is 10.1 Å². The van der Waals surface area contributed by atoms with Gasteiger partial charge in [0.15, 0.2) is 0 Å². The van der Waals surface area contributed by atoms with Crippen molar-refractivity contribution >= 4 is 16.8 Å². The van der Waals surface area contributed by atoms with E-state index in [0.717, 1.165) is 37.6 Å². The van der Waals surface area contributed by atoms with E-state index in [1.165, 1.54) is 12.1 Å². The Morgan fingerprint density at radius 1 is 1.24 bits per heavy atom. The zero-order valence-corrected chi connectivity index (χ0v) is 18.4. The van der Waals surface area contributed by atoms with Crippen molar-refractivity contribution in [2.75, 3.05) is 0 Å². The molecule has 0 radical (unpaired) electrons. The van der Waals surface area contributed by atoms with Crippen molar-refractivity contribution in [3.63, 3.8) is 0 Å². The summed E-state index contributed by atoms with van der Waals surface area (Å²) >= 11 is 0. The number of halogens is 1. The highest BCUT2D eigenvalue weighted by Crippen LogP contribution is 2.65. The predicted octanol–water partition coefficient (Wildman–Crippen LogP) is 3.45. The number of hydrogen-bond acceptors (Lipinski definition) is 5. The molecule has 0 saturated heterocycles. The minimum absolute atomic E-state index is 0.0214. The van der Waals surface area contributed by atoms with Crippen LogP contribution in [0.15, 0.2) is 43.1 Å². The van der Waals surface area contributed by atoms with E-state index in [9.17, 15) is 9.18 Å². The molecule has 7 nitrogen and oxygen atoms in total. The standard InChI is InChI=1S/C25H26FN5O2/c1-14(23(32)30-24-9-25(10-24,11-24)31-13-27-12-29-31)22-17-7-16(8-18(17)22)33-21-4-5-28-20-3-2-15(26)6-19(20)21/h2-6,12-14,16-18,22H,7-11H2,1H3,(H,30,32)/t14?,16-,17+,18-,22-,24?,25?. The van der Waals surface area contributed by atoms with Gasteiger partial charge in [-0.15, -0.1) is 0 Å². The van der Waals surface area contributed by atoms with E-state index >= 15 is 0 Å². The molecule has 5 atom stereocenters. The lowest BCUT2D eigenvalue weighted by Gasteiger charge is -2.69. The molecule has 3 aromatic rings. The maximum Gasteiger partial charge on any atom is 0.223 e. The zero-order chi connectivity index (χ0) is 22.4. The van der Waals surface area contributed by atoms with Gasteiger partial charge in [0, 0.05) is 23.0 Å². The van der Waals surface area contributed by atoms with Gasteiger partial charge < -0.3 is 10.1 Å². The van der Waals surface area contributed by atoms with Gasteiger partial charge in [-0.2, -0.15) is 5.10 Å². The van der Waals surface area contributed by atoms with Crippen molar-refractivity contribution in [2.45, 2.75) is 56.2 Å². The van der Waals surface area contributed by atoms with Crippen molar-refractivity contribution in [1.82, 2.24) is 25.1 Å². The fourth-order valence-electron chi connectivity index (χ4n) is 7.17. The summed E-state index contributed by atoms with van der Waals surface area (Å²) in [6.45, 7) is 2.08. The van der Waals surface area contributed by atoms with Gasteiger partial charge in [0.05, 0.1) is 17.2 Å². The second-order valence-electron chi connectivity index (χ2n) is 10.7. The molecule has 170 valence electrons. The minimum atomic E-state index is -0.287. The van der Waals surface area contributed by atoms with Crippen LogP contribution in [0.1, 0.15) is 39.0 Å². The number of nitrogens with zero attached hydrogens (tertiary/aromatic N) is 4. The van der Waals surface area contributed by atoms with Crippen LogP contribution in [-0.2, 0) is 10.3 Å². The van der Waals surface area contributed by atoms with Gasteiger partial charge in [-0.25, -0.2) is 14.1 Å². The Morgan fingerprint density at radius 2 is 2.03 bits per heavy atom. The van der Waals surface area contributed by atoms with Crippen LogP contribution in [0, 0.1) is 29.5 Å². The Morgan fingerprint density at radius 3 is 2.76 bits per heavy atom. The van der Waals surface area contributed by atoms with Gasteiger partial charge in [-0.3, -0.25) is 9.78 Å². The highest BCUT2D eigenvalue weighted by atomic mass is 19.1. The Balaban J connectivity index is 0.947. The van der Waals surface area contributed by atoms with Gasteiger partial charge in [-0.1, -0.05) is 6.92 Å². The Hall–Kier alpha value is -3.03. The van der Waals surface area contributed by atoms with E-state index in [2.05, 4.69) is 27.3 Å². The van der Waals surface area contributed by atoms with Crippen molar-refractivity contribution < 1.29 is 13.9 Å². The Bertz CT molecular complexity index is 1230. The number of nitrogens with one attached hydrogen (secondary N) is 1. The molecule has 2 aromatic heterocycles. The molecule has 1 N–H and O–H groups in total. The normalized spacial score (nSPS) is 36.4. The molecule has 1 aromatic carbocycles. The predicted molar refractivity (Wildman–Crippen MR) is 118 cm³/mol. The first-order valence-electron chi connectivity index (χ1n) is 11.8. The molecule has 5 aliphatic rings. The number of carbonyl (C=O) groups is 1. The lowest BCUT2D eigenvalue weighted by molar-refractivity contribution is -0.162. The topological polar surface area (TPSA) is 81.9 Å². The Kier molecular flexibility index (Phi) is 3.84. The third-order valence-electron chi connectivity index (χ3n) is 8.71. The number of rotatable bonds is 6. The summed E-state index contributed by atoms with van der Waals surface area (Å²) in [5.41, 5.74) is 0.776. The van der Waals surface area contributed by atoms with Crippen LogP contribution in [0.4, 0.5) is 4.39 Å². The van der Waals surface area contributed by atoms with Crippen LogP contribution in [0.5, 0.6) is 5.75 Å². The molecule has 0 spiro atoms. The van der Waals surface area contributed by atoms with E-state index in [1.54, 1.807) is 24.9 Å². The number of aromatic nitrogens is 4. The largest absolute Gasteiger partial charge is 0.490 e. The molecule has 2 heterocycles. The summed E-state index contributed by atoms with van der Waals surface area (Å²) in [5.74, 6) is 2.13. The SMILES string of the molecule is CC(C(=O)NC12CC(n3cncn3)(C1)C2)[C@H]1[C@@H]2C[C@H](Oc3ccnc4ccc(F)cc34)C[C@@H]21. The summed E-state index contributed by atoms with van der Waals surface area (Å²) in [5, 5.41) is 8.36. The minimum Gasteiger partial charge on any atom is -0.490 e. The van der Waals surface area contributed by atoms with E-state index < -0.39 is 0 Å². The average molecular weight is 448 g/mol. The number of benzene rings is 1. The molecule has 2 bridgehead atoms. The van der Waals surface area contributed by atoms with Crippen molar-refractivity contribution in [3.8, 4) is 5.75 Å². The summed E-state index contributed by atoms with van der Waals surface area (Å²) in [4.78, 5) is 21.4. The molecule has 5 aliphatic carbocycles. The van der Waals surface area contributed by atoms with Crippen molar-refractivity contribution in [1.29, 1.82) is 0 Å². The van der Waals surface area contributed by atoms with Gasteiger partial charge in [0.1, 0.15) is 24.2 Å². The smallest absolute Gasteiger partial charge is 0.223 e. The summed E-state index contributed by atoms with van der Waals surface area (Å²) in [6, 6.07) is 6.40. The van der Waals surface area contributed by atoms with Crippen LogP contribution in [0.2, 0.25) is 0 Å². The van der Waals surface area contributed by atoms with Crippen LogP contribution in [0.25, 0.3) is 10.9 Å². The van der Waals surface area contributed by atoms with Crippen molar-refractivity contribution in [3.05, 3.63) is 48.9 Å². The highest BCUT2D eigenvalue weighted by Gasteiger charge is 2.71. The molecule has 1 unspecified atom stereocenters. The second kappa shape index (κ2) is 6.52. The first-order valence-corrected chi connectivity index (χ1v) is 11.8. The van der Waals surface area contributed by atoms with Gasteiger partial charge in [0.2, 0.25) is 5.91 Å². The number of ether oxygens (including phenoxy) is 1. The molecule has 1 amide bonds. The summed E-state index contributed by atoms with van der Waals surface area (Å²) in [7, 11) is 0. The number of hydrogen-bond donors (Lipinski definition) is 1. The van der Waals surface area contributed by atoms with E-state index in [1.807, 2.05) is 10.7 Å². The van der Waals surface area contributed by atoms with Crippen LogP contribution >= 0.6 is 0 Å². The molecule has 5 saturated carbocycles. The molecule has 0 aliphatic heterocycles. The van der Waals surface area contributed by atoms with Gasteiger partial charge in [0.25, 0.3) is 0 Å². The lowest BCUT2D eigenvalue weighted by atomic mass is 9.44. The fraction of sp³-hybridized carbons (Fsp3) is 0.520. The lowest BCUT2D eigenvalue weighted by Crippen LogP contribution is -2.79. The van der Waals surface area contributed by atoms with Gasteiger partial charge >= 0.3 is 0 Å². The first-order chi connectivity index (χ1) is 16.0. The van der Waals surface area contributed by atoms with E-state index in [-0.39, 0.29) is 34.8 Å². The summed E-state index contributed by atoms with van der Waals surface area (Å²) in [6.07, 6.45) is 9.94. The molecule has 5 fully saturated rings. The van der Waals surface area contributed by atoms with Crippen LogP contribution in [0.3, 0.4) is 0 Å². The maximum atomic E-state index is 13.7. The summed E-state index contributed by atoms with van der Waals surface area (Å²) < 4.78 is 22.0. The maximum absolute atomic E-state index is 13.7. The first kappa shape index (κ1) is 19.4. The van der Waals surface area contributed by atoms with E-state index in [4.69, 9.17) is 4.74 Å². The molecule has 8 heteroatoms. The highest BCUT2D eigenvalue weighted by molar-refractivity contribution is 5.84. The molecular formula is C25H26FN5O2. The fourth-order valence-corrected chi connectivity index (χ4v) is 7.17. The van der Waals surface area contributed by atoms with E-state index in [0.29, 0.717) is 28.9 Å². The Labute approximate surface area is 190 Å². The average Bonchev–Trinajstić information content (AvgIpc) is 3.12. The third kappa shape index (κ3) is 2.85. The number of fused-ring (bicyclic) bond motifs is 2. The second-order valence-corrected chi connectivity index (χ2v) is 10.7.